The zero-order valence-corrected chi connectivity index (χ0v) is 16.9. The van der Waals surface area contributed by atoms with Crippen molar-refractivity contribution in [1.82, 2.24) is 14.7 Å². The van der Waals surface area contributed by atoms with E-state index in [4.69, 9.17) is 20.8 Å². The summed E-state index contributed by atoms with van der Waals surface area (Å²) >= 11 is 6.08. The van der Waals surface area contributed by atoms with Crippen molar-refractivity contribution in [2.24, 2.45) is 0 Å². The minimum Gasteiger partial charge on any atom is -0.479 e. The summed E-state index contributed by atoms with van der Waals surface area (Å²) < 4.78 is 78.5. The maximum absolute atomic E-state index is 13.7. The van der Waals surface area contributed by atoms with Crippen LogP contribution in [0.25, 0.3) is 0 Å². The molecule has 0 fully saturated rings. The van der Waals surface area contributed by atoms with Gasteiger partial charge in [0, 0.05) is 13.6 Å². The van der Waals surface area contributed by atoms with Crippen LogP contribution in [0, 0.1) is 29.1 Å². The molecule has 0 saturated carbocycles. The molecule has 3 rings (SSSR count). The molecular formula is C19H15ClF5N3O3. The molecule has 2 heterocycles. The predicted octanol–water partition coefficient (Wildman–Crippen LogP) is 4.70. The summed E-state index contributed by atoms with van der Waals surface area (Å²) in [7, 11) is 1.50. The number of ether oxygens (including phenoxy) is 1. The minimum absolute atomic E-state index is 0.0719. The van der Waals surface area contributed by atoms with E-state index in [9.17, 15) is 26.7 Å². The average molecular weight is 464 g/mol. The molecule has 0 aliphatic rings. The van der Waals surface area contributed by atoms with E-state index in [1.54, 1.807) is 4.68 Å². The number of carbonyl (C=O) groups is 1. The van der Waals surface area contributed by atoms with E-state index in [1.165, 1.54) is 30.3 Å². The van der Waals surface area contributed by atoms with Gasteiger partial charge in [-0.2, -0.15) is 13.9 Å². The number of hydrogen-bond donors (Lipinski definition) is 0. The van der Waals surface area contributed by atoms with Crippen molar-refractivity contribution >= 4 is 17.5 Å². The van der Waals surface area contributed by atoms with Gasteiger partial charge in [-0.25, -0.2) is 13.2 Å². The first-order valence-corrected chi connectivity index (χ1v) is 9.22. The third-order valence-corrected chi connectivity index (χ3v) is 4.65. The van der Waals surface area contributed by atoms with Crippen molar-refractivity contribution in [3.63, 3.8) is 0 Å². The van der Waals surface area contributed by atoms with Crippen LogP contribution in [0.15, 0.2) is 22.7 Å². The fraction of sp³-hybridized carbons (Fsp3) is 0.263. The zero-order chi connectivity index (χ0) is 22.9. The van der Waals surface area contributed by atoms with Crippen LogP contribution in [-0.2, 0) is 19.7 Å². The molecule has 166 valence electrons. The maximum atomic E-state index is 13.7. The molecule has 0 N–H and O–H groups in total. The summed E-state index contributed by atoms with van der Waals surface area (Å²) in [6.45, 7) is 1.86. The highest BCUT2D eigenvalue weighted by Crippen LogP contribution is 2.30. The SMILES string of the molecule is CCn1ncc(Cl)c1CN(C)C(=O)c1ccc(COc2c(F)c(F)c(F)c(F)c2F)o1. The number of benzene rings is 1. The molecule has 1 aromatic carbocycles. The van der Waals surface area contributed by atoms with Crippen LogP contribution in [0.5, 0.6) is 5.75 Å². The Morgan fingerprint density at radius 2 is 1.74 bits per heavy atom. The van der Waals surface area contributed by atoms with E-state index in [-0.39, 0.29) is 18.1 Å². The van der Waals surface area contributed by atoms with E-state index in [2.05, 4.69) is 5.10 Å². The third-order valence-electron chi connectivity index (χ3n) is 4.33. The number of furan rings is 1. The van der Waals surface area contributed by atoms with Gasteiger partial charge in [0.25, 0.3) is 5.91 Å². The van der Waals surface area contributed by atoms with Crippen LogP contribution in [0.4, 0.5) is 22.0 Å². The molecule has 0 bridgehead atoms. The van der Waals surface area contributed by atoms with E-state index < -0.39 is 47.3 Å². The molecule has 0 saturated heterocycles. The molecule has 0 atom stereocenters. The standard InChI is InChI=1S/C19H15ClF5N3O3/c1-3-28-11(10(20)6-26-28)7-27(2)19(29)12-5-4-9(31-12)8-30-18-16(24)14(22)13(21)15(23)17(18)25/h4-6H,3,7-8H2,1-2H3. The highest BCUT2D eigenvalue weighted by molar-refractivity contribution is 6.31. The molecule has 0 spiro atoms. The number of hydrogen-bond acceptors (Lipinski definition) is 4. The van der Waals surface area contributed by atoms with Gasteiger partial charge in [0.2, 0.25) is 29.1 Å². The predicted molar refractivity (Wildman–Crippen MR) is 98.0 cm³/mol. The van der Waals surface area contributed by atoms with Crippen molar-refractivity contribution in [2.45, 2.75) is 26.6 Å². The van der Waals surface area contributed by atoms with Crippen molar-refractivity contribution in [1.29, 1.82) is 0 Å². The van der Waals surface area contributed by atoms with Crippen molar-refractivity contribution in [3.05, 3.63) is 69.7 Å². The Kier molecular flexibility index (Phi) is 6.54. The summed E-state index contributed by atoms with van der Waals surface area (Å²) in [6, 6.07) is 2.56. The Labute approximate surface area is 177 Å². The highest BCUT2D eigenvalue weighted by Gasteiger charge is 2.27. The number of carbonyl (C=O) groups excluding carboxylic acids is 1. The van der Waals surface area contributed by atoms with Crippen molar-refractivity contribution < 1.29 is 35.9 Å². The van der Waals surface area contributed by atoms with Crippen LogP contribution < -0.4 is 4.74 Å². The van der Waals surface area contributed by atoms with E-state index in [0.29, 0.717) is 17.3 Å². The smallest absolute Gasteiger partial charge is 0.289 e. The highest BCUT2D eigenvalue weighted by atomic mass is 35.5. The molecule has 0 aliphatic heterocycles. The topological polar surface area (TPSA) is 60.5 Å². The number of nitrogens with zero attached hydrogens (tertiary/aromatic N) is 3. The van der Waals surface area contributed by atoms with Gasteiger partial charge >= 0.3 is 0 Å². The van der Waals surface area contributed by atoms with E-state index in [0.717, 1.165) is 0 Å². The Morgan fingerprint density at radius 1 is 1.13 bits per heavy atom. The lowest BCUT2D eigenvalue weighted by Gasteiger charge is -2.16. The van der Waals surface area contributed by atoms with Crippen LogP contribution >= 0.6 is 11.6 Å². The van der Waals surface area contributed by atoms with Gasteiger partial charge in [-0.15, -0.1) is 0 Å². The van der Waals surface area contributed by atoms with Gasteiger partial charge in [0.05, 0.1) is 23.5 Å². The van der Waals surface area contributed by atoms with Crippen LogP contribution in [0.1, 0.15) is 28.9 Å². The normalized spacial score (nSPS) is 11.1. The fourth-order valence-electron chi connectivity index (χ4n) is 2.73. The lowest BCUT2D eigenvalue weighted by molar-refractivity contribution is 0.0745. The van der Waals surface area contributed by atoms with Gasteiger partial charge < -0.3 is 14.1 Å². The third kappa shape index (κ3) is 4.36. The number of halogens is 6. The second-order valence-corrected chi connectivity index (χ2v) is 6.78. The fourth-order valence-corrected chi connectivity index (χ4v) is 2.93. The van der Waals surface area contributed by atoms with Gasteiger partial charge in [-0.05, 0) is 19.1 Å². The molecule has 3 aromatic rings. The summed E-state index contributed by atoms with van der Waals surface area (Å²) in [6.07, 6.45) is 1.46. The quantitative estimate of drug-likeness (QED) is 0.289. The molecule has 0 aliphatic carbocycles. The average Bonchev–Trinajstić information content (AvgIpc) is 3.37. The van der Waals surface area contributed by atoms with Crippen LogP contribution in [0.2, 0.25) is 5.02 Å². The Bertz CT molecular complexity index is 1100. The Hall–Kier alpha value is -3.08. The Balaban J connectivity index is 1.71. The first-order valence-electron chi connectivity index (χ1n) is 8.84. The zero-order valence-electron chi connectivity index (χ0n) is 16.2. The molecule has 2 aromatic heterocycles. The van der Waals surface area contributed by atoms with Crippen molar-refractivity contribution in [2.75, 3.05) is 7.05 Å². The number of rotatable bonds is 7. The maximum Gasteiger partial charge on any atom is 0.289 e. The molecule has 12 heteroatoms. The summed E-state index contributed by atoms with van der Waals surface area (Å²) in [5.74, 6) is -12.9. The van der Waals surface area contributed by atoms with E-state index in [1.807, 2.05) is 6.92 Å². The number of aryl methyl sites for hydroxylation is 1. The molecule has 0 radical (unpaired) electrons. The monoisotopic (exact) mass is 463 g/mol. The minimum atomic E-state index is -2.29. The largest absolute Gasteiger partial charge is 0.479 e. The summed E-state index contributed by atoms with van der Waals surface area (Å²) in [4.78, 5) is 13.9. The van der Waals surface area contributed by atoms with Crippen LogP contribution in [0.3, 0.4) is 0 Å². The lowest BCUT2D eigenvalue weighted by Crippen LogP contribution is -2.27. The van der Waals surface area contributed by atoms with E-state index >= 15 is 0 Å². The molecular weight excluding hydrogens is 449 g/mol. The van der Waals surface area contributed by atoms with Crippen LogP contribution in [-0.4, -0.2) is 27.6 Å². The second-order valence-electron chi connectivity index (χ2n) is 6.37. The molecule has 31 heavy (non-hydrogen) atoms. The summed E-state index contributed by atoms with van der Waals surface area (Å²) in [5, 5.41) is 4.46. The Morgan fingerprint density at radius 3 is 2.35 bits per heavy atom. The van der Waals surface area contributed by atoms with Gasteiger partial charge in [0.1, 0.15) is 12.4 Å². The van der Waals surface area contributed by atoms with Gasteiger partial charge in [-0.3, -0.25) is 9.48 Å². The first-order chi connectivity index (χ1) is 14.6. The number of aromatic nitrogens is 2. The lowest BCUT2D eigenvalue weighted by atomic mass is 10.2. The van der Waals surface area contributed by atoms with Gasteiger partial charge in [0.15, 0.2) is 11.5 Å². The molecule has 1 amide bonds. The number of amides is 1. The van der Waals surface area contributed by atoms with Crippen molar-refractivity contribution in [3.8, 4) is 5.75 Å². The first kappa shape index (κ1) is 22.6. The van der Waals surface area contributed by atoms with Gasteiger partial charge in [-0.1, -0.05) is 11.6 Å². The molecule has 0 unspecified atom stereocenters. The second kappa shape index (κ2) is 8.96. The molecule has 6 nitrogen and oxygen atoms in total. The summed E-state index contributed by atoms with van der Waals surface area (Å²) in [5.41, 5.74) is 0.612.